The van der Waals surface area contributed by atoms with Gasteiger partial charge in [-0.25, -0.2) is 9.18 Å². The van der Waals surface area contributed by atoms with Gasteiger partial charge < -0.3 is 10.2 Å². The van der Waals surface area contributed by atoms with Crippen LogP contribution in [0.1, 0.15) is 24.5 Å². The fourth-order valence-corrected chi connectivity index (χ4v) is 3.51. The van der Waals surface area contributed by atoms with E-state index in [4.69, 9.17) is 0 Å². The molecule has 2 aromatic carbocycles. The number of hydrogen-bond acceptors (Lipinski definition) is 3. The number of carbonyl (C=O) groups excluding carboxylic acids is 3. The molecule has 0 aliphatic carbocycles. The van der Waals surface area contributed by atoms with Crippen LogP contribution >= 0.6 is 0 Å². The molecule has 4 amide bonds. The molecule has 0 radical (unpaired) electrons. The molecule has 152 valence electrons. The zero-order valence-corrected chi connectivity index (χ0v) is 16.4. The summed E-state index contributed by atoms with van der Waals surface area (Å²) in [4.78, 5) is 38.5. The SMILES string of the molecule is CC[C@@]1(c2ccccc2)NC(=O)N(NC(=O)C[NH+](C)Cc2ccccc2F)C1=O. The van der Waals surface area contributed by atoms with E-state index in [0.717, 1.165) is 5.01 Å². The Labute approximate surface area is 168 Å². The minimum atomic E-state index is -1.21. The monoisotopic (exact) mass is 399 g/mol. The van der Waals surface area contributed by atoms with Crippen molar-refractivity contribution in [2.75, 3.05) is 13.6 Å². The Morgan fingerprint density at radius 2 is 1.79 bits per heavy atom. The predicted octanol–water partition coefficient (Wildman–Crippen LogP) is 0.729. The number of quaternary nitrogens is 1. The molecule has 2 aromatic rings. The van der Waals surface area contributed by atoms with Crippen LogP contribution in [0.4, 0.5) is 9.18 Å². The lowest BCUT2D eigenvalue weighted by Crippen LogP contribution is -3.09. The van der Waals surface area contributed by atoms with Crippen molar-refractivity contribution in [2.24, 2.45) is 0 Å². The molecule has 1 aliphatic heterocycles. The largest absolute Gasteiger partial charge is 0.344 e. The molecule has 1 fully saturated rings. The molecular weight excluding hydrogens is 375 g/mol. The summed E-state index contributed by atoms with van der Waals surface area (Å²) < 4.78 is 13.8. The Morgan fingerprint density at radius 3 is 2.45 bits per heavy atom. The Balaban J connectivity index is 1.66. The van der Waals surface area contributed by atoms with Crippen LogP contribution in [0, 0.1) is 5.82 Å². The third-order valence-electron chi connectivity index (χ3n) is 5.04. The first-order chi connectivity index (χ1) is 13.9. The van der Waals surface area contributed by atoms with Crippen molar-refractivity contribution < 1.29 is 23.7 Å². The first-order valence-corrected chi connectivity index (χ1v) is 9.44. The van der Waals surface area contributed by atoms with Crippen LogP contribution in [0.5, 0.6) is 0 Å². The van der Waals surface area contributed by atoms with Crippen molar-refractivity contribution in [3.05, 3.63) is 71.5 Å². The fourth-order valence-electron chi connectivity index (χ4n) is 3.51. The highest BCUT2D eigenvalue weighted by molar-refractivity contribution is 6.08. The number of benzene rings is 2. The molecule has 3 N–H and O–H groups in total. The number of nitrogens with zero attached hydrogens (tertiary/aromatic N) is 1. The van der Waals surface area contributed by atoms with Gasteiger partial charge in [-0.2, -0.15) is 5.01 Å². The zero-order valence-electron chi connectivity index (χ0n) is 16.4. The Morgan fingerprint density at radius 1 is 1.14 bits per heavy atom. The molecule has 1 saturated heterocycles. The van der Waals surface area contributed by atoms with E-state index in [2.05, 4.69) is 10.7 Å². The van der Waals surface area contributed by atoms with Gasteiger partial charge >= 0.3 is 6.03 Å². The minimum absolute atomic E-state index is 0.0319. The van der Waals surface area contributed by atoms with Gasteiger partial charge in [-0.1, -0.05) is 55.5 Å². The van der Waals surface area contributed by atoms with E-state index in [0.29, 0.717) is 29.0 Å². The van der Waals surface area contributed by atoms with Gasteiger partial charge in [0, 0.05) is 5.56 Å². The van der Waals surface area contributed by atoms with Crippen molar-refractivity contribution in [3.63, 3.8) is 0 Å². The highest BCUT2D eigenvalue weighted by Crippen LogP contribution is 2.31. The highest BCUT2D eigenvalue weighted by Gasteiger charge is 2.52. The van der Waals surface area contributed by atoms with Crippen LogP contribution in [0.3, 0.4) is 0 Å². The lowest BCUT2D eigenvalue weighted by Gasteiger charge is -2.25. The maximum Gasteiger partial charge on any atom is 0.344 e. The van der Waals surface area contributed by atoms with Gasteiger partial charge in [0.25, 0.3) is 11.8 Å². The molecule has 0 saturated carbocycles. The molecule has 2 atom stereocenters. The van der Waals surface area contributed by atoms with Gasteiger partial charge in [-0.15, -0.1) is 0 Å². The quantitative estimate of drug-likeness (QED) is 0.601. The summed E-state index contributed by atoms with van der Waals surface area (Å²) in [7, 11) is 1.73. The van der Waals surface area contributed by atoms with Crippen molar-refractivity contribution in [1.29, 1.82) is 0 Å². The summed E-state index contributed by atoms with van der Waals surface area (Å²) in [6, 6.07) is 14.6. The van der Waals surface area contributed by atoms with Crippen molar-refractivity contribution in [2.45, 2.75) is 25.4 Å². The number of urea groups is 1. The minimum Gasteiger partial charge on any atom is -0.326 e. The molecule has 8 heteroatoms. The third-order valence-corrected chi connectivity index (χ3v) is 5.04. The van der Waals surface area contributed by atoms with Gasteiger partial charge in [0.15, 0.2) is 6.54 Å². The number of hydrogen-bond donors (Lipinski definition) is 3. The topological polar surface area (TPSA) is 83.0 Å². The van der Waals surface area contributed by atoms with E-state index in [1.165, 1.54) is 6.07 Å². The average Bonchev–Trinajstić information content (AvgIpc) is 2.95. The third kappa shape index (κ3) is 4.12. The van der Waals surface area contributed by atoms with Gasteiger partial charge in [0.2, 0.25) is 0 Å². The molecular formula is C21H24FN4O3+. The van der Waals surface area contributed by atoms with E-state index in [9.17, 15) is 18.8 Å². The first-order valence-electron chi connectivity index (χ1n) is 9.44. The number of likely N-dealkylation sites (N-methyl/N-ethyl adjacent to an activating group) is 1. The molecule has 0 spiro atoms. The maximum absolute atomic E-state index is 13.8. The summed E-state index contributed by atoms with van der Waals surface area (Å²) in [6.07, 6.45) is 0.340. The van der Waals surface area contributed by atoms with Crippen molar-refractivity contribution in [3.8, 4) is 0 Å². The second kappa shape index (κ2) is 8.40. The van der Waals surface area contributed by atoms with Crippen LogP contribution in [-0.4, -0.2) is 36.4 Å². The van der Waals surface area contributed by atoms with Crippen LogP contribution < -0.4 is 15.6 Å². The summed E-state index contributed by atoms with van der Waals surface area (Å²) in [5, 5.41) is 3.44. The number of rotatable bonds is 7. The lowest BCUT2D eigenvalue weighted by molar-refractivity contribution is -0.885. The standard InChI is InChI=1S/C21H23FN4O3/c1-3-21(16-10-5-4-6-11-16)19(28)26(20(29)23-21)24-18(27)14-25(2)13-15-9-7-8-12-17(15)22/h4-12H,3,13-14H2,1-2H3,(H,23,29)(H,24,27)/p+1/t21-/m0/s1. The normalized spacial score (nSPS) is 19.8. The van der Waals surface area contributed by atoms with Gasteiger partial charge in [-0.05, 0) is 18.1 Å². The van der Waals surface area contributed by atoms with E-state index < -0.39 is 23.4 Å². The van der Waals surface area contributed by atoms with Crippen molar-refractivity contribution >= 4 is 17.8 Å². The van der Waals surface area contributed by atoms with Crippen LogP contribution in [0.2, 0.25) is 0 Å². The zero-order chi connectivity index (χ0) is 21.0. The number of imide groups is 1. The van der Waals surface area contributed by atoms with Crippen molar-refractivity contribution in [1.82, 2.24) is 15.8 Å². The summed E-state index contributed by atoms with van der Waals surface area (Å²) >= 11 is 0. The van der Waals surface area contributed by atoms with Crippen LogP contribution in [0.15, 0.2) is 54.6 Å². The summed E-state index contributed by atoms with van der Waals surface area (Å²) in [5.74, 6) is -1.38. The fraction of sp³-hybridized carbons (Fsp3) is 0.286. The number of halogens is 1. The molecule has 1 aliphatic rings. The van der Waals surface area contributed by atoms with Gasteiger partial charge in [0.1, 0.15) is 17.9 Å². The smallest absolute Gasteiger partial charge is 0.326 e. The Hall–Kier alpha value is -3.26. The van der Waals surface area contributed by atoms with E-state index >= 15 is 0 Å². The second-order valence-corrected chi connectivity index (χ2v) is 7.13. The Kier molecular flexibility index (Phi) is 5.93. The summed E-state index contributed by atoms with van der Waals surface area (Å²) in [6.45, 7) is 2.06. The van der Waals surface area contributed by atoms with E-state index in [-0.39, 0.29) is 12.4 Å². The van der Waals surface area contributed by atoms with Crippen LogP contribution in [0.25, 0.3) is 0 Å². The number of amides is 4. The average molecular weight is 399 g/mol. The van der Waals surface area contributed by atoms with Gasteiger partial charge in [-0.3, -0.25) is 15.0 Å². The molecule has 1 unspecified atom stereocenters. The highest BCUT2D eigenvalue weighted by atomic mass is 19.1. The van der Waals surface area contributed by atoms with E-state index in [1.807, 2.05) is 6.07 Å². The number of nitrogens with one attached hydrogen (secondary N) is 3. The number of hydrazine groups is 1. The Bertz CT molecular complexity index is 921. The first kappa shape index (κ1) is 20.5. The molecule has 0 bridgehead atoms. The maximum atomic E-state index is 13.8. The van der Waals surface area contributed by atoms with Gasteiger partial charge in [0.05, 0.1) is 7.05 Å². The summed E-state index contributed by atoms with van der Waals surface area (Å²) in [5.41, 5.74) is 2.32. The second-order valence-electron chi connectivity index (χ2n) is 7.13. The molecule has 7 nitrogen and oxygen atoms in total. The number of carbonyl (C=O) groups is 3. The lowest BCUT2D eigenvalue weighted by atomic mass is 9.87. The van der Waals surface area contributed by atoms with Crippen LogP contribution in [-0.2, 0) is 21.7 Å². The molecule has 1 heterocycles. The molecule has 3 rings (SSSR count). The molecule has 29 heavy (non-hydrogen) atoms. The van der Waals surface area contributed by atoms with E-state index in [1.54, 1.807) is 56.4 Å². The predicted molar refractivity (Wildman–Crippen MR) is 104 cm³/mol. The molecule has 0 aromatic heterocycles.